The molecule has 1 rings (SSSR count). The SMILES string of the molecule is CCCCOC(=O)CC(N)c1ccccc1I. The molecule has 4 heteroatoms. The molecule has 0 amide bonds. The van der Waals surface area contributed by atoms with Gasteiger partial charge in [-0.2, -0.15) is 0 Å². The van der Waals surface area contributed by atoms with Gasteiger partial charge in [0.1, 0.15) is 0 Å². The molecular formula is C13H18INO2. The summed E-state index contributed by atoms with van der Waals surface area (Å²) in [4.78, 5) is 11.5. The number of rotatable bonds is 6. The lowest BCUT2D eigenvalue weighted by Gasteiger charge is -2.13. The van der Waals surface area contributed by atoms with E-state index in [0.29, 0.717) is 6.61 Å². The van der Waals surface area contributed by atoms with E-state index in [0.717, 1.165) is 22.0 Å². The van der Waals surface area contributed by atoms with E-state index in [1.807, 2.05) is 24.3 Å². The van der Waals surface area contributed by atoms with Gasteiger partial charge >= 0.3 is 5.97 Å². The Morgan fingerprint density at radius 2 is 2.18 bits per heavy atom. The van der Waals surface area contributed by atoms with Crippen LogP contribution in [-0.2, 0) is 9.53 Å². The lowest BCUT2D eigenvalue weighted by Crippen LogP contribution is -2.18. The molecule has 0 heterocycles. The van der Waals surface area contributed by atoms with Gasteiger partial charge in [-0.25, -0.2) is 0 Å². The molecule has 94 valence electrons. The fourth-order valence-corrected chi connectivity index (χ4v) is 2.24. The Balaban J connectivity index is 2.46. The van der Waals surface area contributed by atoms with Crippen molar-refractivity contribution in [2.24, 2.45) is 5.73 Å². The first-order chi connectivity index (χ1) is 8.15. The Kier molecular flexibility index (Phi) is 6.50. The maximum absolute atomic E-state index is 11.5. The number of hydrogen-bond acceptors (Lipinski definition) is 3. The predicted octanol–water partition coefficient (Wildman–Crippen LogP) is 3.02. The van der Waals surface area contributed by atoms with Crippen LogP contribution in [0.1, 0.15) is 37.8 Å². The number of halogens is 1. The van der Waals surface area contributed by atoms with Gasteiger partial charge in [-0.05, 0) is 40.6 Å². The zero-order chi connectivity index (χ0) is 12.7. The Labute approximate surface area is 116 Å². The van der Waals surface area contributed by atoms with Crippen molar-refractivity contribution < 1.29 is 9.53 Å². The van der Waals surface area contributed by atoms with E-state index in [-0.39, 0.29) is 18.4 Å². The van der Waals surface area contributed by atoms with Crippen molar-refractivity contribution in [3.05, 3.63) is 33.4 Å². The minimum Gasteiger partial charge on any atom is -0.466 e. The summed E-state index contributed by atoms with van der Waals surface area (Å²) in [6, 6.07) is 7.54. The number of benzene rings is 1. The van der Waals surface area contributed by atoms with Crippen LogP contribution in [0.15, 0.2) is 24.3 Å². The molecule has 1 atom stereocenters. The molecule has 0 radical (unpaired) electrons. The smallest absolute Gasteiger partial charge is 0.307 e. The molecule has 0 bridgehead atoms. The van der Waals surface area contributed by atoms with E-state index in [9.17, 15) is 4.79 Å². The number of nitrogens with two attached hydrogens (primary N) is 1. The summed E-state index contributed by atoms with van der Waals surface area (Å²) in [5.41, 5.74) is 7.00. The normalized spacial score (nSPS) is 12.2. The van der Waals surface area contributed by atoms with E-state index >= 15 is 0 Å². The van der Waals surface area contributed by atoms with Gasteiger partial charge in [-0.15, -0.1) is 0 Å². The van der Waals surface area contributed by atoms with Gasteiger partial charge < -0.3 is 10.5 Å². The lowest BCUT2D eigenvalue weighted by atomic mass is 10.1. The number of carbonyl (C=O) groups excluding carboxylic acids is 1. The van der Waals surface area contributed by atoms with E-state index < -0.39 is 0 Å². The molecule has 0 fully saturated rings. The largest absolute Gasteiger partial charge is 0.466 e. The van der Waals surface area contributed by atoms with Crippen LogP contribution in [0.4, 0.5) is 0 Å². The number of carbonyl (C=O) groups is 1. The van der Waals surface area contributed by atoms with Gasteiger partial charge in [-0.1, -0.05) is 31.5 Å². The number of hydrogen-bond donors (Lipinski definition) is 1. The van der Waals surface area contributed by atoms with Crippen molar-refractivity contribution in [3.8, 4) is 0 Å². The van der Waals surface area contributed by atoms with Crippen LogP contribution in [0.5, 0.6) is 0 Å². The first-order valence-corrected chi connectivity index (χ1v) is 6.88. The fraction of sp³-hybridized carbons (Fsp3) is 0.462. The van der Waals surface area contributed by atoms with Crippen molar-refractivity contribution in [2.45, 2.75) is 32.2 Å². The average Bonchev–Trinajstić information content (AvgIpc) is 2.29. The third kappa shape index (κ3) is 5.04. The number of unbranched alkanes of at least 4 members (excludes halogenated alkanes) is 1. The van der Waals surface area contributed by atoms with Gasteiger partial charge in [0.2, 0.25) is 0 Å². The molecule has 0 saturated heterocycles. The highest BCUT2D eigenvalue weighted by Crippen LogP contribution is 2.20. The second-order valence-corrected chi connectivity index (χ2v) is 5.07. The van der Waals surface area contributed by atoms with Crippen molar-refractivity contribution in [2.75, 3.05) is 6.61 Å². The van der Waals surface area contributed by atoms with Crippen LogP contribution in [0.25, 0.3) is 0 Å². The van der Waals surface area contributed by atoms with Crippen molar-refractivity contribution >= 4 is 28.6 Å². The average molecular weight is 347 g/mol. The second kappa shape index (κ2) is 7.66. The molecule has 0 aliphatic heterocycles. The summed E-state index contributed by atoms with van der Waals surface area (Å²) in [5.74, 6) is -0.217. The topological polar surface area (TPSA) is 52.3 Å². The molecule has 0 aliphatic carbocycles. The Morgan fingerprint density at radius 1 is 1.47 bits per heavy atom. The molecule has 2 N–H and O–H groups in total. The third-order valence-corrected chi connectivity index (χ3v) is 3.43. The van der Waals surface area contributed by atoms with Crippen LogP contribution in [-0.4, -0.2) is 12.6 Å². The van der Waals surface area contributed by atoms with Gasteiger partial charge in [0.15, 0.2) is 0 Å². The quantitative estimate of drug-likeness (QED) is 0.489. The maximum atomic E-state index is 11.5. The number of esters is 1. The van der Waals surface area contributed by atoms with Gasteiger partial charge in [0.25, 0.3) is 0 Å². The van der Waals surface area contributed by atoms with Crippen LogP contribution in [0.3, 0.4) is 0 Å². The van der Waals surface area contributed by atoms with Gasteiger partial charge in [0, 0.05) is 9.61 Å². The van der Waals surface area contributed by atoms with Crippen LogP contribution in [0, 0.1) is 3.57 Å². The van der Waals surface area contributed by atoms with E-state index in [1.165, 1.54) is 0 Å². The standard InChI is InChI=1S/C13H18INO2/c1-2-3-8-17-13(16)9-12(15)10-6-4-5-7-11(10)14/h4-7,12H,2-3,8-9,15H2,1H3. The van der Waals surface area contributed by atoms with Crippen LogP contribution >= 0.6 is 22.6 Å². The molecule has 0 spiro atoms. The van der Waals surface area contributed by atoms with Crippen LogP contribution < -0.4 is 5.73 Å². The monoisotopic (exact) mass is 347 g/mol. The van der Waals surface area contributed by atoms with E-state index in [4.69, 9.17) is 10.5 Å². The highest BCUT2D eigenvalue weighted by atomic mass is 127. The molecule has 0 aromatic heterocycles. The first-order valence-electron chi connectivity index (χ1n) is 5.80. The molecule has 0 aliphatic rings. The Hall–Kier alpha value is -0.620. The summed E-state index contributed by atoms with van der Waals surface area (Å²) in [5, 5.41) is 0. The van der Waals surface area contributed by atoms with Crippen molar-refractivity contribution in [1.29, 1.82) is 0 Å². The third-order valence-electron chi connectivity index (χ3n) is 2.45. The molecule has 3 nitrogen and oxygen atoms in total. The van der Waals surface area contributed by atoms with Gasteiger partial charge in [-0.3, -0.25) is 4.79 Å². The Morgan fingerprint density at radius 3 is 2.82 bits per heavy atom. The molecule has 1 unspecified atom stereocenters. The zero-order valence-corrected chi connectivity index (χ0v) is 12.1. The fourth-order valence-electron chi connectivity index (χ4n) is 1.45. The molecule has 1 aromatic rings. The molecular weight excluding hydrogens is 329 g/mol. The summed E-state index contributed by atoms with van der Waals surface area (Å²) in [6.45, 7) is 2.56. The van der Waals surface area contributed by atoms with E-state index in [2.05, 4.69) is 29.5 Å². The van der Waals surface area contributed by atoms with Crippen LogP contribution in [0.2, 0.25) is 0 Å². The highest BCUT2D eigenvalue weighted by molar-refractivity contribution is 14.1. The summed E-state index contributed by atoms with van der Waals surface area (Å²) >= 11 is 2.22. The summed E-state index contributed by atoms with van der Waals surface area (Å²) in [7, 11) is 0. The number of ether oxygens (including phenoxy) is 1. The minimum absolute atomic E-state index is 0.217. The molecule has 1 aromatic carbocycles. The summed E-state index contributed by atoms with van der Waals surface area (Å²) in [6.07, 6.45) is 2.17. The van der Waals surface area contributed by atoms with Crippen molar-refractivity contribution in [3.63, 3.8) is 0 Å². The molecule has 17 heavy (non-hydrogen) atoms. The lowest BCUT2D eigenvalue weighted by molar-refractivity contribution is -0.144. The zero-order valence-electron chi connectivity index (χ0n) is 9.99. The maximum Gasteiger partial charge on any atom is 0.307 e. The predicted molar refractivity (Wildman–Crippen MR) is 76.6 cm³/mol. The van der Waals surface area contributed by atoms with Crippen molar-refractivity contribution in [1.82, 2.24) is 0 Å². The highest BCUT2D eigenvalue weighted by Gasteiger charge is 2.14. The second-order valence-electron chi connectivity index (χ2n) is 3.91. The Bertz CT molecular complexity index is 368. The minimum atomic E-state index is -0.280. The van der Waals surface area contributed by atoms with E-state index in [1.54, 1.807) is 0 Å². The molecule has 0 saturated carbocycles. The first kappa shape index (κ1) is 14.4. The summed E-state index contributed by atoms with van der Waals surface area (Å²) < 4.78 is 6.18. The van der Waals surface area contributed by atoms with Gasteiger partial charge in [0.05, 0.1) is 13.0 Å².